The van der Waals surface area contributed by atoms with Gasteiger partial charge in [0.15, 0.2) is 0 Å². The average Bonchev–Trinajstić information content (AvgIpc) is 2.15. The summed E-state index contributed by atoms with van der Waals surface area (Å²) in [7, 11) is 1.31. The molecule has 15 heavy (non-hydrogen) atoms. The van der Waals surface area contributed by atoms with Crippen LogP contribution in [-0.4, -0.2) is 19.8 Å². The number of alkyl halides is 3. The summed E-state index contributed by atoms with van der Waals surface area (Å²) in [5.41, 5.74) is 0.529. The van der Waals surface area contributed by atoms with Crippen LogP contribution < -0.4 is 4.90 Å². The zero-order valence-electron chi connectivity index (χ0n) is 8.04. The smallest absolute Gasteiger partial charge is 0.365 e. The van der Waals surface area contributed by atoms with Crippen molar-refractivity contribution in [3.63, 3.8) is 0 Å². The highest BCUT2D eigenvalue weighted by Crippen LogP contribution is 2.23. The van der Waals surface area contributed by atoms with Crippen molar-refractivity contribution in [1.29, 1.82) is 5.26 Å². The Morgan fingerprint density at radius 2 is 1.93 bits per heavy atom. The lowest BCUT2D eigenvalue weighted by molar-refractivity contribution is -0.119. The van der Waals surface area contributed by atoms with Crippen molar-refractivity contribution in [3.8, 4) is 6.07 Å². The second kappa shape index (κ2) is 4.22. The third-order valence-corrected chi connectivity index (χ3v) is 1.85. The highest BCUT2D eigenvalue weighted by Gasteiger charge is 2.29. The van der Waals surface area contributed by atoms with Gasteiger partial charge in [0.25, 0.3) is 0 Å². The van der Waals surface area contributed by atoms with Crippen LogP contribution in [0.5, 0.6) is 0 Å². The molecule has 0 saturated carbocycles. The summed E-state index contributed by atoms with van der Waals surface area (Å²) in [6.45, 7) is -1.06. The topological polar surface area (TPSA) is 27.0 Å². The Balaban J connectivity index is 2.92. The summed E-state index contributed by atoms with van der Waals surface area (Å²) in [5, 5.41) is 8.71. The largest absolute Gasteiger partial charge is 0.405 e. The van der Waals surface area contributed by atoms with E-state index in [1.165, 1.54) is 19.2 Å². The molecule has 0 saturated heterocycles. The molecule has 0 N–H and O–H groups in total. The van der Waals surface area contributed by atoms with Crippen LogP contribution in [0.2, 0.25) is 0 Å². The maximum atomic E-state index is 12.1. The Labute approximate surface area is 85.5 Å². The summed E-state index contributed by atoms with van der Waals surface area (Å²) < 4.78 is 36.3. The first kappa shape index (κ1) is 11.4. The van der Waals surface area contributed by atoms with E-state index in [1.807, 2.05) is 6.07 Å². The maximum Gasteiger partial charge on any atom is 0.405 e. The van der Waals surface area contributed by atoms with Crippen LogP contribution in [0.3, 0.4) is 0 Å². The van der Waals surface area contributed by atoms with E-state index in [1.54, 1.807) is 12.1 Å². The number of rotatable bonds is 2. The van der Waals surface area contributed by atoms with E-state index >= 15 is 0 Å². The Morgan fingerprint density at radius 3 is 2.47 bits per heavy atom. The zero-order chi connectivity index (χ0) is 11.5. The van der Waals surface area contributed by atoms with Gasteiger partial charge < -0.3 is 4.90 Å². The number of hydrogen-bond acceptors (Lipinski definition) is 2. The minimum Gasteiger partial charge on any atom is -0.365 e. The molecular weight excluding hydrogens is 205 g/mol. The summed E-state index contributed by atoms with van der Waals surface area (Å²) in [6.07, 6.45) is -4.27. The summed E-state index contributed by atoms with van der Waals surface area (Å²) in [6, 6.07) is 8.05. The number of anilines is 1. The first-order chi connectivity index (χ1) is 6.94. The van der Waals surface area contributed by atoms with Crippen molar-refractivity contribution < 1.29 is 13.2 Å². The van der Waals surface area contributed by atoms with E-state index in [0.717, 1.165) is 4.90 Å². The molecule has 0 aliphatic carbocycles. The Bertz CT molecular complexity index is 379. The second-order valence-electron chi connectivity index (χ2n) is 3.10. The lowest BCUT2D eigenvalue weighted by atomic mass is 10.2. The lowest BCUT2D eigenvalue weighted by Gasteiger charge is -2.21. The number of hydrogen-bond donors (Lipinski definition) is 0. The zero-order valence-corrected chi connectivity index (χ0v) is 8.04. The molecule has 2 nitrogen and oxygen atoms in total. The van der Waals surface area contributed by atoms with E-state index in [-0.39, 0.29) is 11.3 Å². The van der Waals surface area contributed by atoms with Gasteiger partial charge in [-0.15, -0.1) is 0 Å². The van der Waals surface area contributed by atoms with Crippen molar-refractivity contribution in [3.05, 3.63) is 29.8 Å². The summed E-state index contributed by atoms with van der Waals surface area (Å²) >= 11 is 0. The molecule has 0 fully saturated rings. The standard InChI is InChI=1S/C10H9F3N2/c1-15(7-10(11,12)13)9-5-3-2-4-8(9)6-14/h2-5H,7H2,1H3. The summed E-state index contributed by atoms with van der Waals surface area (Å²) in [5.74, 6) is 0. The van der Waals surface area contributed by atoms with Gasteiger partial charge in [0.05, 0.1) is 11.3 Å². The van der Waals surface area contributed by atoms with Gasteiger partial charge in [-0.3, -0.25) is 0 Å². The third-order valence-electron chi connectivity index (χ3n) is 1.85. The van der Waals surface area contributed by atoms with E-state index < -0.39 is 12.7 Å². The maximum absolute atomic E-state index is 12.1. The predicted molar refractivity (Wildman–Crippen MR) is 50.5 cm³/mol. The molecule has 0 radical (unpaired) electrons. The number of halogens is 3. The quantitative estimate of drug-likeness (QED) is 0.756. The molecule has 0 heterocycles. The molecule has 0 aromatic heterocycles. The van der Waals surface area contributed by atoms with Gasteiger partial charge in [0, 0.05) is 7.05 Å². The highest BCUT2D eigenvalue weighted by molar-refractivity contribution is 5.58. The average molecular weight is 214 g/mol. The first-order valence-corrected chi connectivity index (χ1v) is 4.21. The van der Waals surface area contributed by atoms with Gasteiger partial charge in [-0.05, 0) is 12.1 Å². The van der Waals surface area contributed by atoms with E-state index in [9.17, 15) is 13.2 Å². The van der Waals surface area contributed by atoms with Crippen molar-refractivity contribution in [2.75, 3.05) is 18.5 Å². The van der Waals surface area contributed by atoms with Gasteiger partial charge in [0.1, 0.15) is 12.6 Å². The number of nitrogens with zero attached hydrogens (tertiary/aromatic N) is 2. The van der Waals surface area contributed by atoms with Crippen LogP contribution in [-0.2, 0) is 0 Å². The molecule has 0 aliphatic heterocycles. The van der Waals surface area contributed by atoms with Gasteiger partial charge >= 0.3 is 6.18 Å². The van der Waals surface area contributed by atoms with Crippen LogP contribution in [0, 0.1) is 11.3 Å². The number of benzene rings is 1. The minimum absolute atomic E-state index is 0.240. The van der Waals surface area contributed by atoms with Gasteiger partial charge in [-0.1, -0.05) is 12.1 Å². The molecule has 80 valence electrons. The predicted octanol–water partition coefficient (Wildman–Crippen LogP) is 2.56. The molecule has 0 spiro atoms. The molecule has 0 atom stereocenters. The van der Waals surface area contributed by atoms with Crippen LogP contribution >= 0.6 is 0 Å². The fourth-order valence-corrected chi connectivity index (χ4v) is 1.26. The van der Waals surface area contributed by atoms with Crippen molar-refractivity contribution in [1.82, 2.24) is 0 Å². The van der Waals surface area contributed by atoms with E-state index in [2.05, 4.69) is 0 Å². The Morgan fingerprint density at radius 1 is 1.33 bits per heavy atom. The highest BCUT2D eigenvalue weighted by atomic mass is 19.4. The van der Waals surface area contributed by atoms with Crippen molar-refractivity contribution >= 4 is 5.69 Å². The fourth-order valence-electron chi connectivity index (χ4n) is 1.26. The molecule has 0 bridgehead atoms. The third kappa shape index (κ3) is 3.17. The second-order valence-corrected chi connectivity index (χ2v) is 3.10. The summed E-state index contributed by atoms with van der Waals surface area (Å²) in [4.78, 5) is 1.01. The van der Waals surface area contributed by atoms with Crippen LogP contribution in [0.1, 0.15) is 5.56 Å². The first-order valence-electron chi connectivity index (χ1n) is 4.21. The van der Waals surface area contributed by atoms with Crippen LogP contribution in [0.15, 0.2) is 24.3 Å². The van der Waals surface area contributed by atoms with Gasteiger partial charge in [-0.2, -0.15) is 18.4 Å². The van der Waals surface area contributed by atoms with Crippen molar-refractivity contribution in [2.45, 2.75) is 6.18 Å². The van der Waals surface area contributed by atoms with Crippen LogP contribution in [0.25, 0.3) is 0 Å². The SMILES string of the molecule is CN(CC(F)(F)F)c1ccccc1C#N. The molecule has 0 unspecified atom stereocenters. The molecule has 0 amide bonds. The van der Waals surface area contributed by atoms with Crippen LogP contribution in [0.4, 0.5) is 18.9 Å². The Kier molecular flexibility index (Phi) is 3.20. The minimum atomic E-state index is -4.27. The molecular formula is C10H9F3N2. The van der Waals surface area contributed by atoms with Crippen molar-refractivity contribution in [2.24, 2.45) is 0 Å². The number of nitriles is 1. The van der Waals surface area contributed by atoms with E-state index in [0.29, 0.717) is 0 Å². The fraction of sp³-hybridized carbons (Fsp3) is 0.300. The molecule has 1 rings (SSSR count). The molecule has 1 aromatic rings. The van der Waals surface area contributed by atoms with Gasteiger partial charge in [-0.25, -0.2) is 0 Å². The molecule has 1 aromatic carbocycles. The van der Waals surface area contributed by atoms with Gasteiger partial charge in [0.2, 0.25) is 0 Å². The molecule has 5 heteroatoms. The van der Waals surface area contributed by atoms with E-state index in [4.69, 9.17) is 5.26 Å². The monoisotopic (exact) mass is 214 g/mol. The normalized spacial score (nSPS) is 10.9. The lowest BCUT2D eigenvalue weighted by Crippen LogP contribution is -2.31. The molecule has 0 aliphatic rings. The Hall–Kier alpha value is -1.70. The number of para-hydroxylation sites is 1.